The Kier molecular flexibility index (Phi) is 3.51. The Balaban J connectivity index is 1.65. The molecule has 2 aromatic heterocycles. The van der Waals surface area contributed by atoms with Gasteiger partial charge >= 0.3 is 5.97 Å². The number of rotatable bonds is 4. The molecule has 0 spiro atoms. The number of carbonyl (C=O) groups is 1. The fourth-order valence-electron chi connectivity index (χ4n) is 1.73. The molecule has 1 aromatic carbocycles. The molecule has 6 nitrogen and oxygen atoms in total. The Labute approximate surface area is 120 Å². The predicted molar refractivity (Wildman–Crippen MR) is 72.3 cm³/mol. The molecule has 0 amide bonds. The van der Waals surface area contributed by atoms with Crippen LogP contribution in [0.1, 0.15) is 22.0 Å². The summed E-state index contributed by atoms with van der Waals surface area (Å²) in [5, 5.41) is 3.86. The molecule has 0 radical (unpaired) electrons. The van der Waals surface area contributed by atoms with Gasteiger partial charge in [0.05, 0.1) is 6.26 Å². The minimum atomic E-state index is -0.574. The molecular weight excluding hydrogens is 272 g/mol. The Morgan fingerprint density at radius 1 is 1.24 bits per heavy atom. The van der Waals surface area contributed by atoms with Crippen LogP contribution in [-0.2, 0) is 11.3 Å². The highest BCUT2D eigenvalue weighted by atomic mass is 16.6. The Morgan fingerprint density at radius 3 is 2.76 bits per heavy atom. The van der Waals surface area contributed by atoms with Crippen LogP contribution in [0.3, 0.4) is 0 Å². The number of ether oxygens (including phenoxy) is 1. The number of benzene rings is 1. The highest BCUT2D eigenvalue weighted by molar-refractivity contribution is 5.86. The number of hydrogen-bond donors (Lipinski definition) is 0. The van der Waals surface area contributed by atoms with Gasteiger partial charge in [-0.05, 0) is 19.1 Å². The third-order valence-corrected chi connectivity index (χ3v) is 2.83. The summed E-state index contributed by atoms with van der Waals surface area (Å²) in [6, 6.07) is 10.9. The van der Waals surface area contributed by atoms with Gasteiger partial charge in [-0.2, -0.15) is 4.98 Å². The highest BCUT2D eigenvalue weighted by Crippen LogP contribution is 2.16. The summed E-state index contributed by atoms with van der Waals surface area (Å²) in [7, 11) is 0. The second kappa shape index (κ2) is 5.62. The minimum Gasteiger partial charge on any atom is -0.457 e. The lowest BCUT2D eigenvalue weighted by molar-refractivity contribution is 0.0393. The zero-order valence-corrected chi connectivity index (χ0v) is 11.3. The van der Waals surface area contributed by atoms with Crippen LogP contribution in [-0.4, -0.2) is 16.1 Å². The van der Waals surface area contributed by atoms with Crippen molar-refractivity contribution in [1.82, 2.24) is 10.1 Å². The lowest BCUT2D eigenvalue weighted by Crippen LogP contribution is -2.04. The summed E-state index contributed by atoms with van der Waals surface area (Å²) in [6.07, 6.45) is 1.40. The molecular formula is C15H12N2O4. The molecule has 21 heavy (non-hydrogen) atoms. The summed E-state index contributed by atoms with van der Waals surface area (Å²) in [5.74, 6) is 0.243. The standard InChI is InChI=1S/C15H12N2O4/c1-10-4-6-11(7-5-10)14-16-13(21-17-14)9-20-15(18)12-3-2-8-19-12/h2-8H,9H2,1H3. The first-order valence-corrected chi connectivity index (χ1v) is 6.32. The maximum absolute atomic E-state index is 11.6. The number of esters is 1. The average molecular weight is 284 g/mol. The Morgan fingerprint density at radius 2 is 2.05 bits per heavy atom. The molecule has 3 aromatic rings. The molecule has 0 aliphatic heterocycles. The number of aryl methyl sites for hydroxylation is 1. The van der Waals surface area contributed by atoms with Crippen LogP contribution in [0.4, 0.5) is 0 Å². The summed E-state index contributed by atoms with van der Waals surface area (Å²) in [5.41, 5.74) is 1.99. The minimum absolute atomic E-state index is 0.0988. The molecule has 0 saturated carbocycles. The van der Waals surface area contributed by atoms with Gasteiger partial charge in [-0.15, -0.1) is 0 Å². The number of carbonyl (C=O) groups excluding carboxylic acids is 1. The largest absolute Gasteiger partial charge is 0.457 e. The van der Waals surface area contributed by atoms with Crippen LogP contribution < -0.4 is 0 Å². The molecule has 0 fully saturated rings. The van der Waals surface area contributed by atoms with Crippen molar-refractivity contribution in [2.45, 2.75) is 13.5 Å². The average Bonchev–Trinajstić information content (AvgIpc) is 3.17. The quantitative estimate of drug-likeness (QED) is 0.685. The third kappa shape index (κ3) is 3.00. The topological polar surface area (TPSA) is 78.4 Å². The fraction of sp³-hybridized carbons (Fsp3) is 0.133. The molecule has 0 saturated heterocycles. The molecule has 0 N–H and O–H groups in total. The Hall–Kier alpha value is -2.89. The molecule has 106 valence electrons. The fourth-order valence-corrected chi connectivity index (χ4v) is 1.73. The van der Waals surface area contributed by atoms with Crippen LogP contribution in [0, 0.1) is 6.92 Å². The van der Waals surface area contributed by atoms with Gasteiger partial charge in [-0.3, -0.25) is 0 Å². The van der Waals surface area contributed by atoms with E-state index < -0.39 is 5.97 Å². The first kappa shape index (κ1) is 13.1. The lowest BCUT2D eigenvalue weighted by Gasteiger charge is -1.97. The molecule has 2 heterocycles. The van der Waals surface area contributed by atoms with Gasteiger partial charge in [0.25, 0.3) is 5.89 Å². The normalized spacial score (nSPS) is 10.5. The van der Waals surface area contributed by atoms with E-state index in [1.165, 1.54) is 12.3 Å². The smallest absolute Gasteiger partial charge is 0.374 e. The first-order chi connectivity index (χ1) is 10.2. The zero-order valence-electron chi connectivity index (χ0n) is 11.3. The van der Waals surface area contributed by atoms with E-state index in [1.807, 2.05) is 31.2 Å². The number of furan rings is 1. The summed E-state index contributed by atoms with van der Waals surface area (Å²) < 4.78 is 15.0. The van der Waals surface area contributed by atoms with E-state index in [4.69, 9.17) is 13.7 Å². The van der Waals surface area contributed by atoms with Crippen molar-refractivity contribution in [1.29, 1.82) is 0 Å². The van der Waals surface area contributed by atoms with E-state index in [-0.39, 0.29) is 18.3 Å². The van der Waals surface area contributed by atoms with Crippen molar-refractivity contribution < 1.29 is 18.5 Å². The molecule has 0 aliphatic carbocycles. The second-order valence-electron chi connectivity index (χ2n) is 4.43. The molecule has 0 bridgehead atoms. The SMILES string of the molecule is Cc1ccc(-c2noc(COC(=O)c3ccco3)n2)cc1. The molecule has 0 unspecified atom stereocenters. The maximum atomic E-state index is 11.6. The van der Waals surface area contributed by atoms with Crippen molar-refractivity contribution in [3.63, 3.8) is 0 Å². The predicted octanol–water partition coefficient (Wildman–Crippen LogP) is 3.00. The lowest BCUT2D eigenvalue weighted by atomic mass is 10.1. The van der Waals surface area contributed by atoms with Crippen molar-refractivity contribution >= 4 is 5.97 Å². The van der Waals surface area contributed by atoms with Gasteiger partial charge in [0.1, 0.15) is 0 Å². The molecule has 0 aliphatic rings. The number of aromatic nitrogens is 2. The summed E-state index contributed by atoms with van der Waals surface area (Å²) in [6.45, 7) is 1.90. The monoisotopic (exact) mass is 284 g/mol. The number of hydrogen-bond acceptors (Lipinski definition) is 6. The van der Waals surface area contributed by atoms with Crippen LogP contribution in [0.25, 0.3) is 11.4 Å². The first-order valence-electron chi connectivity index (χ1n) is 6.32. The van der Waals surface area contributed by atoms with Gasteiger partial charge in [0, 0.05) is 5.56 Å². The van der Waals surface area contributed by atoms with Gasteiger partial charge < -0.3 is 13.7 Å². The summed E-state index contributed by atoms with van der Waals surface area (Å²) in [4.78, 5) is 15.8. The van der Waals surface area contributed by atoms with Crippen LogP contribution in [0.2, 0.25) is 0 Å². The zero-order chi connectivity index (χ0) is 14.7. The van der Waals surface area contributed by atoms with E-state index in [0.29, 0.717) is 5.82 Å². The van der Waals surface area contributed by atoms with Crippen molar-refractivity contribution in [3.05, 3.63) is 59.9 Å². The van der Waals surface area contributed by atoms with Crippen molar-refractivity contribution in [2.24, 2.45) is 0 Å². The molecule has 6 heteroatoms. The van der Waals surface area contributed by atoms with E-state index in [0.717, 1.165) is 11.1 Å². The van der Waals surface area contributed by atoms with Gasteiger partial charge in [-0.25, -0.2) is 4.79 Å². The van der Waals surface area contributed by atoms with Crippen LogP contribution in [0.5, 0.6) is 0 Å². The van der Waals surface area contributed by atoms with Crippen molar-refractivity contribution in [3.8, 4) is 11.4 Å². The van der Waals surface area contributed by atoms with Crippen molar-refractivity contribution in [2.75, 3.05) is 0 Å². The van der Waals surface area contributed by atoms with E-state index in [1.54, 1.807) is 6.07 Å². The highest BCUT2D eigenvalue weighted by Gasteiger charge is 2.14. The van der Waals surface area contributed by atoms with Gasteiger partial charge in [0.15, 0.2) is 6.61 Å². The summed E-state index contributed by atoms with van der Waals surface area (Å²) >= 11 is 0. The van der Waals surface area contributed by atoms with Gasteiger partial charge in [-0.1, -0.05) is 35.0 Å². The van der Waals surface area contributed by atoms with Crippen LogP contribution >= 0.6 is 0 Å². The van der Waals surface area contributed by atoms with E-state index in [9.17, 15) is 4.79 Å². The third-order valence-electron chi connectivity index (χ3n) is 2.83. The second-order valence-corrected chi connectivity index (χ2v) is 4.43. The molecule has 3 rings (SSSR count). The van der Waals surface area contributed by atoms with E-state index >= 15 is 0 Å². The maximum Gasteiger partial charge on any atom is 0.374 e. The Bertz CT molecular complexity index is 729. The van der Waals surface area contributed by atoms with E-state index in [2.05, 4.69) is 10.1 Å². The number of nitrogens with zero attached hydrogens (tertiary/aromatic N) is 2. The van der Waals surface area contributed by atoms with Gasteiger partial charge in [0.2, 0.25) is 11.6 Å². The molecule has 0 atom stereocenters. The van der Waals surface area contributed by atoms with Crippen LogP contribution in [0.15, 0.2) is 51.6 Å².